The smallest absolute Gasteiger partial charge is 0.319 e. The molecular formula is C7H11N3O2. The number of rotatable bonds is 3. The van der Waals surface area contributed by atoms with Crippen LogP contribution in [0.5, 0.6) is 11.9 Å². The largest absolute Gasteiger partial charge is 0.481 e. The van der Waals surface area contributed by atoms with Gasteiger partial charge in [0.1, 0.15) is 0 Å². The molecule has 0 fully saturated rings. The third-order valence-corrected chi connectivity index (χ3v) is 1.40. The number of methoxy groups -OCH3 is 2. The summed E-state index contributed by atoms with van der Waals surface area (Å²) in [6, 6.07) is 0.282. The average molecular weight is 169 g/mol. The predicted octanol–water partition coefficient (Wildman–Crippen LogP) is -0.0475. The summed E-state index contributed by atoms with van der Waals surface area (Å²) in [7, 11) is 3.03. The second-order valence-electron chi connectivity index (χ2n) is 2.10. The molecule has 0 saturated heterocycles. The molecule has 0 aliphatic rings. The lowest BCUT2D eigenvalue weighted by Gasteiger charge is -2.05. The topological polar surface area (TPSA) is 70.3 Å². The van der Waals surface area contributed by atoms with E-state index in [1.807, 2.05) is 0 Å². The Hall–Kier alpha value is -1.36. The number of nitrogens with two attached hydrogens (primary N) is 1. The first kappa shape index (κ1) is 8.73. The van der Waals surface area contributed by atoms with Gasteiger partial charge in [-0.1, -0.05) is 0 Å². The van der Waals surface area contributed by atoms with Gasteiger partial charge in [0.2, 0.25) is 5.88 Å². The zero-order valence-corrected chi connectivity index (χ0v) is 7.07. The van der Waals surface area contributed by atoms with Crippen LogP contribution in [-0.2, 0) is 6.54 Å². The van der Waals surface area contributed by atoms with Crippen LogP contribution in [0.4, 0.5) is 0 Å². The van der Waals surface area contributed by atoms with Gasteiger partial charge in [0.15, 0.2) is 0 Å². The number of hydrogen-bond donors (Lipinski definition) is 1. The van der Waals surface area contributed by atoms with E-state index in [2.05, 4.69) is 9.97 Å². The van der Waals surface area contributed by atoms with Crippen molar-refractivity contribution in [3.63, 3.8) is 0 Å². The summed E-state index contributed by atoms with van der Waals surface area (Å²) in [5.41, 5.74) is 6.18. The summed E-state index contributed by atoms with van der Waals surface area (Å²) in [5, 5.41) is 0. The molecular weight excluding hydrogens is 158 g/mol. The van der Waals surface area contributed by atoms with Crippen molar-refractivity contribution in [1.29, 1.82) is 0 Å². The lowest BCUT2D eigenvalue weighted by Crippen LogP contribution is -2.04. The fourth-order valence-corrected chi connectivity index (χ4v) is 0.791. The van der Waals surface area contributed by atoms with Crippen molar-refractivity contribution in [2.75, 3.05) is 14.2 Å². The van der Waals surface area contributed by atoms with Crippen molar-refractivity contribution >= 4 is 0 Å². The summed E-state index contributed by atoms with van der Waals surface area (Å²) >= 11 is 0. The van der Waals surface area contributed by atoms with E-state index in [0.29, 0.717) is 12.4 Å². The summed E-state index contributed by atoms with van der Waals surface area (Å²) in [6.07, 6.45) is 1.59. The molecule has 0 spiro atoms. The molecule has 1 aromatic heterocycles. The quantitative estimate of drug-likeness (QED) is 0.687. The first-order valence-corrected chi connectivity index (χ1v) is 3.45. The van der Waals surface area contributed by atoms with Crippen LogP contribution in [-0.4, -0.2) is 24.2 Å². The minimum atomic E-state index is 0.282. The van der Waals surface area contributed by atoms with Crippen LogP contribution in [0.1, 0.15) is 5.56 Å². The lowest BCUT2D eigenvalue weighted by atomic mass is 10.3. The fourth-order valence-electron chi connectivity index (χ4n) is 0.791. The molecule has 66 valence electrons. The minimum absolute atomic E-state index is 0.282. The monoisotopic (exact) mass is 169 g/mol. The maximum absolute atomic E-state index is 5.42. The van der Waals surface area contributed by atoms with Crippen molar-refractivity contribution in [2.45, 2.75) is 6.54 Å². The van der Waals surface area contributed by atoms with Crippen LogP contribution in [0, 0.1) is 0 Å². The van der Waals surface area contributed by atoms with Crippen LogP contribution >= 0.6 is 0 Å². The van der Waals surface area contributed by atoms with Crippen molar-refractivity contribution < 1.29 is 9.47 Å². The van der Waals surface area contributed by atoms with E-state index in [1.165, 1.54) is 14.2 Å². The molecule has 5 nitrogen and oxygen atoms in total. The third-order valence-electron chi connectivity index (χ3n) is 1.40. The van der Waals surface area contributed by atoms with Crippen molar-refractivity contribution in [2.24, 2.45) is 5.73 Å². The Labute approximate surface area is 70.5 Å². The molecule has 1 heterocycles. The molecule has 0 saturated carbocycles. The highest BCUT2D eigenvalue weighted by atomic mass is 16.5. The van der Waals surface area contributed by atoms with Gasteiger partial charge in [0.25, 0.3) is 0 Å². The van der Waals surface area contributed by atoms with Crippen molar-refractivity contribution in [1.82, 2.24) is 9.97 Å². The van der Waals surface area contributed by atoms with Crippen LogP contribution < -0.4 is 15.2 Å². The predicted molar refractivity (Wildman–Crippen MR) is 43.0 cm³/mol. The molecule has 0 aliphatic heterocycles. The van der Waals surface area contributed by atoms with E-state index in [9.17, 15) is 0 Å². The molecule has 5 heteroatoms. The molecule has 0 unspecified atom stereocenters. The molecule has 0 amide bonds. The number of nitrogens with zero attached hydrogens (tertiary/aromatic N) is 2. The zero-order valence-electron chi connectivity index (χ0n) is 7.07. The Morgan fingerprint density at radius 2 is 2.17 bits per heavy atom. The van der Waals surface area contributed by atoms with Gasteiger partial charge in [0, 0.05) is 18.3 Å². The molecule has 0 radical (unpaired) electrons. The standard InChI is InChI=1S/C7H11N3O2/c1-11-6-5(3-8)4-9-7(10-6)12-2/h4H,3,8H2,1-2H3. The summed E-state index contributed by atoms with van der Waals surface area (Å²) in [6.45, 7) is 0.354. The van der Waals surface area contributed by atoms with E-state index in [1.54, 1.807) is 6.20 Å². The number of hydrogen-bond acceptors (Lipinski definition) is 5. The Morgan fingerprint density at radius 3 is 2.67 bits per heavy atom. The lowest BCUT2D eigenvalue weighted by molar-refractivity contribution is 0.349. The van der Waals surface area contributed by atoms with Crippen LogP contribution in [0.15, 0.2) is 6.20 Å². The summed E-state index contributed by atoms with van der Waals surface area (Å²) in [4.78, 5) is 7.83. The van der Waals surface area contributed by atoms with E-state index in [4.69, 9.17) is 15.2 Å². The van der Waals surface area contributed by atoms with Crippen molar-refractivity contribution in [3.8, 4) is 11.9 Å². The average Bonchev–Trinajstić information content (AvgIpc) is 2.16. The molecule has 0 aromatic carbocycles. The SMILES string of the molecule is COc1ncc(CN)c(OC)n1. The van der Waals surface area contributed by atoms with Crippen LogP contribution in [0.2, 0.25) is 0 Å². The van der Waals surface area contributed by atoms with Gasteiger partial charge in [-0.15, -0.1) is 0 Å². The molecule has 1 rings (SSSR count). The van der Waals surface area contributed by atoms with Gasteiger partial charge in [-0.2, -0.15) is 4.98 Å². The van der Waals surface area contributed by atoms with Gasteiger partial charge in [-0.25, -0.2) is 4.98 Å². The van der Waals surface area contributed by atoms with Gasteiger partial charge in [-0.05, 0) is 0 Å². The van der Waals surface area contributed by atoms with Gasteiger partial charge < -0.3 is 15.2 Å². The number of ether oxygens (including phenoxy) is 2. The molecule has 0 aliphatic carbocycles. The molecule has 2 N–H and O–H groups in total. The Kier molecular flexibility index (Phi) is 2.82. The second-order valence-corrected chi connectivity index (χ2v) is 2.10. The highest BCUT2D eigenvalue weighted by molar-refractivity contribution is 5.24. The highest BCUT2D eigenvalue weighted by Gasteiger charge is 2.05. The third kappa shape index (κ3) is 1.62. The van der Waals surface area contributed by atoms with Crippen LogP contribution in [0.3, 0.4) is 0 Å². The highest BCUT2D eigenvalue weighted by Crippen LogP contribution is 2.15. The maximum atomic E-state index is 5.42. The minimum Gasteiger partial charge on any atom is -0.481 e. The van der Waals surface area contributed by atoms with E-state index in [0.717, 1.165) is 5.56 Å². The second kappa shape index (κ2) is 3.87. The Balaban J connectivity index is 3.02. The fraction of sp³-hybridized carbons (Fsp3) is 0.429. The Morgan fingerprint density at radius 1 is 1.42 bits per heavy atom. The molecule has 0 bridgehead atoms. The van der Waals surface area contributed by atoms with Crippen molar-refractivity contribution in [3.05, 3.63) is 11.8 Å². The first-order valence-electron chi connectivity index (χ1n) is 3.45. The summed E-state index contributed by atoms with van der Waals surface area (Å²) < 4.78 is 9.78. The van der Waals surface area contributed by atoms with Crippen LogP contribution in [0.25, 0.3) is 0 Å². The van der Waals surface area contributed by atoms with Gasteiger partial charge in [-0.3, -0.25) is 0 Å². The first-order chi connectivity index (χ1) is 5.81. The van der Waals surface area contributed by atoms with E-state index < -0.39 is 0 Å². The Bertz CT molecular complexity index is 265. The zero-order chi connectivity index (χ0) is 8.97. The van der Waals surface area contributed by atoms with E-state index >= 15 is 0 Å². The van der Waals surface area contributed by atoms with Gasteiger partial charge in [0.05, 0.1) is 14.2 Å². The van der Waals surface area contributed by atoms with E-state index in [-0.39, 0.29) is 6.01 Å². The summed E-state index contributed by atoms with van der Waals surface area (Å²) in [5.74, 6) is 0.462. The van der Waals surface area contributed by atoms with Gasteiger partial charge >= 0.3 is 6.01 Å². The maximum Gasteiger partial charge on any atom is 0.319 e. The molecule has 0 atom stereocenters. The molecule has 1 aromatic rings. The normalized spacial score (nSPS) is 9.58. The molecule has 12 heavy (non-hydrogen) atoms. The number of aromatic nitrogens is 2.